The van der Waals surface area contributed by atoms with E-state index < -0.39 is 0 Å². The number of aromatic nitrogens is 4. The van der Waals surface area contributed by atoms with Gasteiger partial charge in [0, 0.05) is 54.2 Å². The summed E-state index contributed by atoms with van der Waals surface area (Å²) in [7, 11) is 0. The van der Waals surface area contributed by atoms with Crippen molar-refractivity contribution in [3.8, 4) is 62.0 Å². The molecule has 262 valence electrons. The molecular formula is C51H32N4S. The van der Waals surface area contributed by atoms with Gasteiger partial charge in [-0.15, -0.1) is 11.3 Å². The van der Waals surface area contributed by atoms with Crippen LogP contribution in [0.5, 0.6) is 0 Å². The van der Waals surface area contributed by atoms with Crippen LogP contribution in [0.25, 0.3) is 104 Å². The zero-order valence-electron chi connectivity index (χ0n) is 30.2. The van der Waals surface area contributed by atoms with Crippen LogP contribution in [0.3, 0.4) is 0 Å². The highest BCUT2D eigenvalue weighted by atomic mass is 32.1. The molecule has 56 heavy (non-hydrogen) atoms. The maximum atomic E-state index is 5.48. The van der Waals surface area contributed by atoms with Crippen LogP contribution in [0.4, 0.5) is 0 Å². The predicted octanol–water partition coefficient (Wildman–Crippen LogP) is 13.7. The maximum absolute atomic E-state index is 5.48. The molecule has 0 radical (unpaired) electrons. The van der Waals surface area contributed by atoms with Gasteiger partial charge in [0.15, 0.2) is 5.82 Å². The van der Waals surface area contributed by atoms with E-state index in [2.05, 4.69) is 162 Å². The van der Waals surface area contributed by atoms with Gasteiger partial charge in [-0.3, -0.25) is 0 Å². The summed E-state index contributed by atoms with van der Waals surface area (Å²) in [5, 5.41) is 4.95. The molecule has 0 bridgehead atoms. The van der Waals surface area contributed by atoms with E-state index in [4.69, 9.17) is 15.0 Å². The summed E-state index contributed by atoms with van der Waals surface area (Å²) in [4.78, 5) is 16.6. The van der Waals surface area contributed by atoms with Crippen LogP contribution in [-0.4, -0.2) is 19.5 Å². The highest BCUT2D eigenvalue weighted by molar-refractivity contribution is 7.25. The third kappa shape index (κ3) is 5.40. The first kappa shape index (κ1) is 32.2. The van der Waals surface area contributed by atoms with Gasteiger partial charge in [0.05, 0.1) is 28.1 Å². The molecule has 11 rings (SSSR count). The van der Waals surface area contributed by atoms with E-state index in [0.717, 1.165) is 66.5 Å². The Morgan fingerprint density at radius 3 is 1.55 bits per heavy atom. The number of hydrogen-bond donors (Lipinski definition) is 0. The van der Waals surface area contributed by atoms with Gasteiger partial charge in [0.2, 0.25) is 0 Å². The monoisotopic (exact) mass is 732 g/mol. The first-order valence-electron chi connectivity index (χ1n) is 18.8. The second-order valence-corrected chi connectivity index (χ2v) is 15.0. The number of para-hydroxylation sites is 2. The van der Waals surface area contributed by atoms with Crippen LogP contribution < -0.4 is 0 Å². The summed E-state index contributed by atoms with van der Waals surface area (Å²) < 4.78 is 3.64. The molecule has 0 atom stereocenters. The Kier molecular flexibility index (Phi) is 7.64. The topological polar surface area (TPSA) is 43.6 Å². The zero-order valence-corrected chi connectivity index (χ0v) is 31.0. The Hall–Kier alpha value is -7.21. The molecule has 5 heteroatoms. The Labute approximate surface area is 327 Å². The van der Waals surface area contributed by atoms with Crippen LogP contribution in [0.15, 0.2) is 194 Å². The predicted molar refractivity (Wildman–Crippen MR) is 234 cm³/mol. The molecule has 4 nitrogen and oxygen atoms in total. The van der Waals surface area contributed by atoms with Crippen LogP contribution in [0.1, 0.15) is 0 Å². The lowest BCUT2D eigenvalue weighted by Gasteiger charge is -2.12. The molecule has 11 aromatic rings. The second kappa shape index (κ2) is 13.3. The Balaban J connectivity index is 1.02. The summed E-state index contributed by atoms with van der Waals surface area (Å²) in [6, 6.07) is 68.2. The van der Waals surface area contributed by atoms with Gasteiger partial charge in [-0.2, -0.15) is 0 Å². The standard InChI is InChI=1S/C51H32N4S/c1-4-14-35(15-5-1)42-32-43(36-16-6-2-7-17-36)53-50(52-42)38-30-26-34(27-31-38)33-24-28-37(29-25-33)48-49-46(47-41-21-11-13-23-45(41)56-51(47)54-48)40-20-10-12-22-44(40)55(49)39-18-8-3-9-19-39/h1-32H. The molecule has 0 saturated carbocycles. The van der Waals surface area contributed by atoms with Crippen LogP contribution in [0.2, 0.25) is 0 Å². The largest absolute Gasteiger partial charge is 0.307 e. The minimum absolute atomic E-state index is 0.702. The van der Waals surface area contributed by atoms with Crippen molar-refractivity contribution in [2.75, 3.05) is 0 Å². The molecule has 0 spiro atoms. The number of hydrogen-bond acceptors (Lipinski definition) is 4. The summed E-state index contributed by atoms with van der Waals surface area (Å²) >= 11 is 1.77. The molecule has 0 aliphatic heterocycles. The van der Waals surface area contributed by atoms with Crippen molar-refractivity contribution in [2.45, 2.75) is 0 Å². The Bertz CT molecular complexity index is 3150. The average molecular weight is 733 g/mol. The van der Waals surface area contributed by atoms with Gasteiger partial charge in [0.25, 0.3) is 0 Å². The molecule has 0 unspecified atom stereocenters. The van der Waals surface area contributed by atoms with Gasteiger partial charge in [-0.25, -0.2) is 15.0 Å². The van der Waals surface area contributed by atoms with Gasteiger partial charge in [0.1, 0.15) is 4.83 Å². The number of pyridine rings is 1. The smallest absolute Gasteiger partial charge is 0.160 e. The number of fused-ring (bicyclic) bond motifs is 7. The summed E-state index contributed by atoms with van der Waals surface area (Å²) in [5.74, 6) is 0.702. The van der Waals surface area contributed by atoms with Crippen molar-refractivity contribution in [2.24, 2.45) is 0 Å². The van der Waals surface area contributed by atoms with E-state index in [9.17, 15) is 0 Å². The second-order valence-electron chi connectivity index (χ2n) is 14.0. The molecular weight excluding hydrogens is 701 g/mol. The molecule has 0 amide bonds. The average Bonchev–Trinajstić information content (AvgIpc) is 3.83. The van der Waals surface area contributed by atoms with Crippen molar-refractivity contribution < 1.29 is 0 Å². The van der Waals surface area contributed by atoms with Crippen molar-refractivity contribution in [1.29, 1.82) is 0 Å². The molecule has 0 aliphatic rings. The summed E-state index contributed by atoms with van der Waals surface area (Å²) in [5.41, 5.74) is 12.6. The van der Waals surface area contributed by atoms with Crippen molar-refractivity contribution in [3.63, 3.8) is 0 Å². The van der Waals surface area contributed by atoms with Crippen LogP contribution in [0, 0.1) is 0 Å². The first-order chi connectivity index (χ1) is 27.8. The lowest BCUT2D eigenvalue weighted by molar-refractivity contribution is 1.17. The van der Waals surface area contributed by atoms with Gasteiger partial charge >= 0.3 is 0 Å². The fraction of sp³-hybridized carbons (Fsp3) is 0. The molecule has 0 saturated heterocycles. The Morgan fingerprint density at radius 2 is 0.911 bits per heavy atom. The minimum atomic E-state index is 0.702. The van der Waals surface area contributed by atoms with E-state index >= 15 is 0 Å². The van der Waals surface area contributed by atoms with E-state index in [0.29, 0.717) is 5.82 Å². The van der Waals surface area contributed by atoms with E-state index in [1.807, 2.05) is 36.4 Å². The molecule has 7 aromatic carbocycles. The number of nitrogens with zero attached hydrogens (tertiary/aromatic N) is 4. The van der Waals surface area contributed by atoms with Crippen molar-refractivity contribution in [3.05, 3.63) is 194 Å². The van der Waals surface area contributed by atoms with Crippen LogP contribution >= 0.6 is 11.3 Å². The zero-order chi connectivity index (χ0) is 37.0. The Morgan fingerprint density at radius 1 is 0.393 bits per heavy atom. The molecule has 0 fully saturated rings. The molecule has 0 aliphatic carbocycles. The van der Waals surface area contributed by atoms with E-state index in [1.54, 1.807) is 11.3 Å². The van der Waals surface area contributed by atoms with Gasteiger partial charge in [-0.05, 0) is 41.5 Å². The highest BCUT2D eigenvalue weighted by Crippen LogP contribution is 2.46. The van der Waals surface area contributed by atoms with E-state index in [-0.39, 0.29) is 0 Å². The summed E-state index contributed by atoms with van der Waals surface area (Å²) in [6.07, 6.45) is 0. The van der Waals surface area contributed by atoms with Gasteiger partial charge < -0.3 is 4.57 Å². The number of thiophene rings is 1. The van der Waals surface area contributed by atoms with Gasteiger partial charge in [-0.1, -0.05) is 164 Å². The maximum Gasteiger partial charge on any atom is 0.160 e. The lowest BCUT2D eigenvalue weighted by atomic mass is 9.99. The fourth-order valence-corrected chi connectivity index (χ4v) is 9.08. The normalized spacial score (nSPS) is 11.6. The third-order valence-electron chi connectivity index (χ3n) is 10.7. The number of rotatable bonds is 6. The first-order valence-corrected chi connectivity index (χ1v) is 19.6. The highest BCUT2D eigenvalue weighted by Gasteiger charge is 2.23. The third-order valence-corrected chi connectivity index (χ3v) is 11.7. The molecule has 4 heterocycles. The van der Waals surface area contributed by atoms with Crippen molar-refractivity contribution >= 4 is 53.4 Å². The number of benzene rings is 7. The lowest BCUT2D eigenvalue weighted by Crippen LogP contribution is -1.97. The SMILES string of the molecule is c1ccc(-c2cc(-c3ccccc3)nc(-c3ccc(-c4ccc(-c5nc6sc7ccccc7c6c6c7ccccc7n(-c7ccccc7)c56)cc4)cc3)n2)cc1. The van der Waals surface area contributed by atoms with Crippen molar-refractivity contribution in [1.82, 2.24) is 19.5 Å². The quantitative estimate of drug-likeness (QED) is 0.171. The van der Waals surface area contributed by atoms with E-state index in [1.165, 1.54) is 31.8 Å². The molecule has 4 aromatic heterocycles. The minimum Gasteiger partial charge on any atom is -0.307 e. The fourth-order valence-electron chi connectivity index (χ4n) is 7.99. The van der Waals surface area contributed by atoms with Crippen LogP contribution in [-0.2, 0) is 0 Å². The summed E-state index contributed by atoms with van der Waals surface area (Å²) in [6.45, 7) is 0. The molecule has 0 N–H and O–H groups in total.